The first-order valence-corrected chi connectivity index (χ1v) is 18.7. The van der Waals surface area contributed by atoms with Crippen LogP contribution in [0.5, 0.6) is 0 Å². The highest BCUT2D eigenvalue weighted by Gasteiger charge is 2.39. The quantitative estimate of drug-likeness (QED) is 0.150. The zero-order valence-corrected chi connectivity index (χ0v) is 32.5. The fourth-order valence-corrected chi connectivity index (χ4v) is 6.78. The van der Waals surface area contributed by atoms with Gasteiger partial charge >= 0.3 is 0 Å². The first kappa shape index (κ1) is 43.4. The van der Waals surface area contributed by atoms with Gasteiger partial charge in [0.15, 0.2) is 0 Å². The van der Waals surface area contributed by atoms with Gasteiger partial charge in [0.25, 0.3) is 0 Å². The summed E-state index contributed by atoms with van der Waals surface area (Å²) in [4.78, 5) is 101. The molecule has 298 valence electrons. The average Bonchev–Trinajstić information content (AvgIpc) is 3.49. The number of benzene rings is 1. The molecule has 1 saturated heterocycles. The van der Waals surface area contributed by atoms with Crippen molar-refractivity contribution in [1.29, 1.82) is 0 Å². The number of likely N-dealkylation sites (N-methyl/N-ethyl adjacent to an activating group) is 1. The van der Waals surface area contributed by atoms with Crippen LogP contribution in [0, 0.1) is 17.8 Å². The molecule has 16 nitrogen and oxygen atoms in total. The third-order valence-electron chi connectivity index (χ3n) is 9.43. The van der Waals surface area contributed by atoms with Crippen LogP contribution in [-0.4, -0.2) is 101 Å². The van der Waals surface area contributed by atoms with E-state index in [1.54, 1.807) is 20.0 Å². The van der Waals surface area contributed by atoms with Crippen LogP contribution in [0.2, 0.25) is 0 Å². The van der Waals surface area contributed by atoms with Gasteiger partial charge in [-0.05, 0) is 61.6 Å². The molecule has 0 bridgehead atoms. The van der Waals surface area contributed by atoms with Crippen molar-refractivity contribution in [3.63, 3.8) is 0 Å². The number of nitrogens with zero attached hydrogens (tertiary/aromatic N) is 1. The standard InChI is InChI=1S/C38H59N9O7/c1-20(2)15-27-34(50)46-30(16-21(3)4)38(54)47(7)32(22(5)6)37(53)45-29(18-31(40)48)36(52)42-26(13-10-14-39)33(49)44-28(35(51)43-27)17-23-19-41-25-12-9-8-11-24(23)25/h8-9,11-12,19-22,26-30,32,41H,10,13-18,39H2,1-7H3,(H2,40,48)(H,42,52)(H,43,51)(H,44,49)(H,45,53)(H,46,50)/t26-,27+,28+,29+,30-,32?/m1/s1. The van der Waals surface area contributed by atoms with Gasteiger partial charge in [0.1, 0.15) is 36.3 Å². The summed E-state index contributed by atoms with van der Waals surface area (Å²) in [5.74, 6) is -5.58. The molecule has 1 aromatic heterocycles. The number of carbonyl (C=O) groups is 7. The number of para-hydroxylation sites is 1. The first-order valence-electron chi connectivity index (χ1n) is 18.7. The van der Waals surface area contributed by atoms with Crippen molar-refractivity contribution in [3.8, 4) is 0 Å². The second kappa shape index (κ2) is 19.9. The smallest absolute Gasteiger partial charge is 0.245 e. The number of carbonyl (C=O) groups excluding carboxylic acids is 7. The minimum absolute atomic E-state index is 0.0192. The van der Waals surface area contributed by atoms with Crippen molar-refractivity contribution in [1.82, 2.24) is 36.5 Å². The fourth-order valence-electron chi connectivity index (χ4n) is 6.78. The van der Waals surface area contributed by atoms with Crippen LogP contribution >= 0.6 is 0 Å². The third kappa shape index (κ3) is 12.0. The van der Waals surface area contributed by atoms with Crippen LogP contribution in [0.25, 0.3) is 10.9 Å². The van der Waals surface area contributed by atoms with Gasteiger partial charge in [-0.15, -0.1) is 0 Å². The van der Waals surface area contributed by atoms with Gasteiger partial charge in [0, 0.05) is 30.6 Å². The lowest BCUT2D eigenvalue weighted by molar-refractivity contribution is -0.145. The number of H-pyrrole nitrogens is 1. The minimum atomic E-state index is -1.50. The van der Waals surface area contributed by atoms with Crippen molar-refractivity contribution >= 4 is 52.3 Å². The number of hydrogen-bond donors (Lipinski definition) is 8. The summed E-state index contributed by atoms with van der Waals surface area (Å²) >= 11 is 0. The van der Waals surface area contributed by atoms with E-state index in [1.165, 1.54) is 11.9 Å². The Balaban J connectivity index is 2.17. The van der Waals surface area contributed by atoms with E-state index in [0.29, 0.717) is 6.42 Å². The lowest BCUT2D eigenvalue weighted by Crippen LogP contribution is -2.62. The SMILES string of the molecule is CC(C)C[C@@H]1NC(=O)[C@H](Cc2c[nH]c3ccccc23)NC(=O)[C@@H](CCCN)NC(=O)[C@H](CC(N)=O)NC(=O)C(C(C)C)N(C)C(=O)[C@@H](CC(C)C)NC1=O. The van der Waals surface area contributed by atoms with Crippen LogP contribution < -0.4 is 38.1 Å². The monoisotopic (exact) mass is 753 g/mol. The van der Waals surface area contributed by atoms with Gasteiger partial charge in [0.05, 0.1) is 6.42 Å². The van der Waals surface area contributed by atoms with Gasteiger partial charge in [0.2, 0.25) is 41.4 Å². The molecule has 0 saturated carbocycles. The highest BCUT2D eigenvalue weighted by Crippen LogP contribution is 2.20. The molecule has 0 spiro atoms. The lowest BCUT2D eigenvalue weighted by Gasteiger charge is -2.35. The summed E-state index contributed by atoms with van der Waals surface area (Å²) < 4.78 is 0. The predicted octanol–water partition coefficient (Wildman–Crippen LogP) is 0.338. The number of primary amides is 1. The van der Waals surface area contributed by atoms with Crippen LogP contribution in [-0.2, 0) is 40.0 Å². The molecule has 2 heterocycles. The summed E-state index contributed by atoms with van der Waals surface area (Å²) in [6.07, 6.45) is 1.97. The third-order valence-corrected chi connectivity index (χ3v) is 9.43. The molecule has 0 aliphatic carbocycles. The van der Waals surface area contributed by atoms with Crippen LogP contribution in [0.4, 0.5) is 0 Å². The Morgan fingerprint density at radius 2 is 1.24 bits per heavy atom. The molecule has 1 aliphatic heterocycles. The van der Waals surface area contributed by atoms with Crippen molar-refractivity contribution in [3.05, 3.63) is 36.0 Å². The molecule has 0 radical (unpaired) electrons. The average molecular weight is 754 g/mol. The predicted molar refractivity (Wildman–Crippen MR) is 204 cm³/mol. The Morgan fingerprint density at radius 3 is 1.85 bits per heavy atom. The van der Waals surface area contributed by atoms with Crippen molar-refractivity contribution in [2.24, 2.45) is 29.2 Å². The first-order chi connectivity index (χ1) is 25.4. The molecule has 7 amide bonds. The van der Waals surface area contributed by atoms with E-state index in [0.717, 1.165) is 16.5 Å². The molecule has 2 aromatic rings. The van der Waals surface area contributed by atoms with Gasteiger partial charge < -0.3 is 47.9 Å². The maximum Gasteiger partial charge on any atom is 0.245 e. The van der Waals surface area contributed by atoms with Gasteiger partial charge in [-0.25, -0.2) is 0 Å². The van der Waals surface area contributed by atoms with Gasteiger partial charge in [-0.1, -0.05) is 59.7 Å². The number of aromatic nitrogens is 1. The Kier molecular flexibility index (Phi) is 16.0. The Morgan fingerprint density at radius 1 is 0.722 bits per heavy atom. The lowest BCUT2D eigenvalue weighted by atomic mass is 9.96. The number of nitrogens with one attached hydrogen (secondary N) is 6. The number of aromatic amines is 1. The topological polar surface area (TPSA) is 251 Å². The minimum Gasteiger partial charge on any atom is -0.370 e. The second-order valence-corrected chi connectivity index (χ2v) is 15.4. The maximum atomic E-state index is 14.2. The molecule has 1 aliphatic rings. The molecule has 1 unspecified atom stereocenters. The summed E-state index contributed by atoms with van der Waals surface area (Å²) in [5, 5.41) is 14.5. The zero-order chi connectivity index (χ0) is 40.3. The maximum absolute atomic E-state index is 14.2. The van der Waals surface area contributed by atoms with Crippen molar-refractivity contribution < 1.29 is 33.6 Å². The molecule has 1 aromatic carbocycles. The normalized spacial score (nSPS) is 24.2. The largest absolute Gasteiger partial charge is 0.370 e. The molecule has 6 atom stereocenters. The van der Waals surface area contributed by atoms with Crippen LogP contribution in [0.3, 0.4) is 0 Å². The van der Waals surface area contributed by atoms with Crippen molar-refractivity contribution in [2.75, 3.05) is 13.6 Å². The highest BCUT2D eigenvalue weighted by molar-refractivity contribution is 5.99. The molecule has 54 heavy (non-hydrogen) atoms. The number of nitrogens with two attached hydrogens (primary N) is 2. The summed E-state index contributed by atoms with van der Waals surface area (Å²) in [6.45, 7) is 11.2. The number of fused-ring (bicyclic) bond motifs is 1. The molecule has 1 fully saturated rings. The summed E-state index contributed by atoms with van der Waals surface area (Å²) in [6, 6.07) is 0.222. The van der Waals surface area contributed by atoms with Crippen LogP contribution in [0.1, 0.15) is 79.2 Å². The molecule has 16 heteroatoms. The molecule has 3 rings (SSSR count). The van der Waals surface area contributed by atoms with Crippen molar-refractivity contribution in [2.45, 2.75) is 116 Å². The number of amides is 7. The summed E-state index contributed by atoms with van der Waals surface area (Å²) in [7, 11) is 1.43. The zero-order valence-electron chi connectivity index (χ0n) is 32.5. The molecular weight excluding hydrogens is 694 g/mol. The summed E-state index contributed by atoms with van der Waals surface area (Å²) in [5.41, 5.74) is 12.8. The van der Waals surface area contributed by atoms with E-state index >= 15 is 0 Å². The number of hydrogen-bond acceptors (Lipinski definition) is 8. The van der Waals surface area contributed by atoms with E-state index in [2.05, 4.69) is 31.6 Å². The van der Waals surface area contributed by atoms with E-state index in [1.807, 2.05) is 52.0 Å². The Bertz CT molecular complexity index is 1660. The van der Waals surface area contributed by atoms with E-state index < -0.39 is 89.9 Å². The second-order valence-electron chi connectivity index (χ2n) is 15.4. The van der Waals surface area contributed by atoms with Gasteiger partial charge in [-0.2, -0.15) is 0 Å². The highest BCUT2D eigenvalue weighted by atomic mass is 16.2. The van der Waals surface area contributed by atoms with E-state index in [9.17, 15) is 33.6 Å². The fraction of sp³-hybridized carbons (Fsp3) is 0.605. The van der Waals surface area contributed by atoms with E-state index in [4.69, 9.17) is 11.5 Å². The molecular formula is C38H59N9O7. The molecule has 10 N–H and O–H groups in total. The van der Waals surface area contributed by atoms with Crippen LogP contribution in [0.15, 0.2) is 30.5 Å². The Labute approximate surface area is 317 Å². The number of rotatable bonds is 12. The van der Waals surface area contributed by atoms with E-state index in [-0.39, 0.29) is 44.1 Å². The Hall–Kier alpha value is -4.99. The van der Waals surface area contributed by atoms with Gasteiger partial charge in [-0.3, -0.25) is 33.6 Å².